The average molecular weight is 224 g/mol. The number of aldehydes is 1. The first kappa shape index (κ1) is 12.9. The molecule has 0 spiro atoms. The van der Waals surface area contributed by atoms with E-state index < -0.39 is 0 Å². The van der Waals surface area contributed by atoms with Gasteiger partial charge in [0.15, 0.2) is 6.29 Å². The maximum Gasteiger partial charge on any atom is 0.153 e. The molecule has 16 heavy (non-hydrogen) atoms. The molecule has 0 fully saturated rings. The Bertz CT molecular complexity index is 345. The van der Waals surface area contributed by atoms with Crippen LogP contribution in [0.5, 0.6) is 0 Å². The number of hydrogen-bond donors (Lipinski definition) is 0. The fourth-order valence-corrected chi connectivity index (χ4v) is 1.60. The number of ether oxygens (including phenoxy) is 1. The number of carbonyl (C=O) groups is 1. The molecule has 0 atom stereocenters. The van der Waals surface area contributed by atoms with Crippen LogP contribution in [0.1, 0.15) is 41.5 Å². The maximum absolute atomic E-state index is 10.8. The van der Waals surface area contributed by atoms with Crippen molar-refractivity contribution in [2.45, 2.75) is 40.2 Å². The van der Waals surface area contributed by atoms with E-state index in [2.05, 4.69) is 12.0 Å². The first-order valence-corrected chi connectivity index (χ1v) is 5.77. The summed E-state index contributed by atoms with van der Waals surface area (Å²) in [6.45, 7) is 8.07. The van der Waals surface area contributed by atoms with Gasteiger partial charge in [-0.1, -0.05) is 13.3 Å². The Hall–Kier alpha value is -1.16. The molecule has 0 saturated carbocycles. The van der Waals surface area contributed by atoms with Crippen molar-refractivity contribution >= 4 is 6.29 Å². The largest absolute Gasteiger partial charge is 0.380 e. The highest BCUT2D eigenvalue weighted by molar-refractivity contribution is 5.77. The highest BCUT2D eigenvalue weighted by atomic mass is 16.5. The molecular formula is C12H20N2O2. The molecule has 0 aliphatic heterocycles. The molecule has 0 aliphatic rings. The quantitative estimate of drug-likeness (QED) is 0.526. The van der Waals surface area contributed by atoms with Crippen molar-refractivity contribution in [3.63, 3.8) is 0 Å². The van der Waals surface area contributed by atoms with Crippen LogP contribution in [0.3, 0.4) is 0 Å². The fourth-order valence-electron chi connectivity index (χ4n) is 1.60. The van der Waals surface area contributed by atoms with Crippen molar-refractivity contribution < 1.29 is 9.53 Å². The summed E-state index contributed by atoms with van der Waals surface area (Å²) in [5.74, 6) is 0. The minimum absolute atomic E-state index is 0.653. The summed E-state index contributed by atoms with van der Waals surface area (Å²) >= 11 is 0. The van der Waals surface area contributed by atoms with Crippen LogP contribution in [0.4, 0.5) is 0 Å². The molecule has 0 radical (unpaired) electrons. The third-order valence-corrected chi connectivity index (χ3v) is 2.64. The Labute approximate surface area is 96.6 Å². The lowest BCUT2D eigenvalue weighted by Gasteiger charge is -2.05. The Balaban J connectivity index is 2.45. The average Bonchev–Trinajstić information content (AvgIpc) is 2.53. The summed E-state index contributed by atoms with van der Waals surface area (Å²) in [4.78, 5) is 10.8. The van der Waals surface area contributed by atoms with E-state index in [0.29, 0.717) is 18.7 Å². The van der Waals surface area contributed by atoms with Gasteiger partial charge in [-0.3, -0.25) is 9.48 Å². The van der Waals surface area contributed by atoms with Gasteiger partial charge in [-0.2, -0.15) is 5.10 Å². The smallest absolute Gasteiger partial charge is 0.153 e. The lowest BCUT2D eigenvalue weighted by atomic mass is 10.2. The molecule has 0 aromatic carbocycles. The number of aryl methyl sites for hydroxylation is 1. The topological polar surface area (TPSA) is 44.1 Å². The molecule has 90 valence electrons. The minimum Gasteiger partial charge on any atom is -0.380 e. The van der Waals surface area contributed by atoms with Crippen molar-refractivity contribution in [1.29, 1.82) is 0 Å². The Morgan fingerprint density at radius 1 is 1.38 bits per heavy atom. The number of aromatic nitrogens is 2. The van der Waals surface area contributed by atoms with E-state index in [-0.39, 0.29) is 0 Å². The van der Waals surface area contributed by atoms with Crippen molar-refractivity contribution in [3.8, 4) is 0 Å². The van der Waals surface area contributed by atoms with E-state index >= 15 is 0 Å². The Kier molecular flexibility index (Phi) is 5.19. The molecule has 0 aliphatic carbocycles. The van der Waals surface area contributed by atoms with Gasteiger partial charge in [0.2, 0.25) is 0 Å². The van der Waals surface area contributed by atoms with Crippen molar-refractivity contribution in [2.24, 2.45) is 0 Å². The first-order valence-electron chi connectivity index (χ1n) is 5.77. The van der Waals surface area contributed by atoms with Crippen molar-refractivity contribution in [1.82, 2.24) is 9.78 Å². The van der Waals surface area contributed by atoms with Gasteiger partial charge < -0.3 is 4.74 Å². The molecule has 0 unspecified atom stereocenters. The zero-order valence-electron chi connectivity index (χ0n) is 10.3. The van der Waals surface area contributed by atoms with Crippen LogP contribution in [0.2, 0.25) is 0 Å². The molecule has 0 N–H and O–H groups in total. The van der Waals surface area contributed by atoms with E-state index in [4.69, 9.17) is 4.74 Å². The van der Waals surface area contributed by atoms with Gasteiger partial charge in [0.05, 0.1) is 24.4 Å². The predicted molar refractivity (Wildman–Crippen MR) is 62.8 cm³/mol. The molecule has 4 heteroatoms. The second kappa shape index (κ2) is 6.43. The normalized spacial score (nSPS) is 10.7. The van der Waals surface area contributed by atoms with Crippen molar-refractivity contribution in [3.05, 3.63) is 17.0 Å². The van der Waals surface area contributed by atoms with Gasteiger partial charge in [0, 0.05) is 12.3 Å². The van der Waals surface area contributed by atoms with Gasteiger partial charge >= 0.3 is 0 Å². The molecule has 0 amide bonds. The second-order valence-corrected chi connectivity index (χ2v) is 3.89. The zero-order chi connectivity index (χ0) is 12.0. The standard InChI is InChI=1S/C12H20N2O2/c1-4-5-7-16-8-6-14-11(3)12(9-15)10(2)13-14/h9H,4-8H2,1-3H3. The second-order valence-electron chi connectivity index (χ2n) is 3.89. The summed E-state index contributed by atoms with van der Waals surface area (Å²) in [7, 11) is 0. The molecule has 1 rings (SSSR count). The minimum atomic E-state index is 0.653. The maximum atomic E-state index is 10.8. The van der Waals surface area contributed by atoms with Crippen LogP contribution in [0.15, 0.2) is 0 Å². The number of nitrogens with zero attached hydrogens (tertiary/aromatic N) is 2. The van der Waals surface area contributed by atoms with Crippen molar-refractivity contribution in [2.75, 3.05) is 13.2 Å². The van der Waals surface area contributed by atoms with Gasteiger partial charge in [-0.15, -0.1) is 0 Å². The molecule has 1 heterocycles. The number of unbranched alkanes of at least 4 members (excludes halogenated alkanes) is 1. The summed E-state index contributed by atoms with van der Waals surface area (Å²) in [6.07, 6.45) is 3.11. The summed E-state index contributed by atoms with van der Waals surface area (Å²) in [5, 5.41) is 4.30. The Morgan fingerprint density at radius 2 is 2.12 bits per heavy atom. The summed E-state index contributed by atoms with van der Waals surface area (Å²) < 4.78 is 7.30. The molecular weight excluding hydrogens is 204 g/mol. The number of hydrogen-bond acceptors (Lipinski definition) is 3. The van der Waals surface area contributed by atoms with E-state index in [0.717, 1.165) is 37.1 Å². The zero-order valence-corrected chi connectivity index (χ0v) is 10.3. The number of carbonyl (C=O) groups excluding carboxylic acids is 1. The monoisotopic (exact) mass is 224 g/mol. The van der Waals surface area contributed by atoms with Gasteiger partial charge in [0.25, 0.3) is 0 Å². The Morgan fingerprint density at radius 3 is 2.69 bits per heavy atom. The third kappa shape index (κ3) is 3.17. The van der Waals surface area contributed by atoms with Gasteiger partial charge in [-0.25, -0.2) is 0 Å². The predicted octanol–water partition coefficient (Wildman–Crippen LogP) is 2.13. The number of rotatable bonds is 7. The molecule has 4 nitrogen and oxygen atoms in total. The fraction of sp³-hybridized carbons (Fsp3) is 0.667. The van der Waals surface area contributed by atoms with Crippen LogP contribution in [-0.4, -0.2) is 29.3 Å². The molecule has 0 bridgehead atoms. The SMILES string of the molecule is CCCCOCCn1nc(C)c(C=O)c1C. The van der Waals surface area contributed by atoms with E-state index in [1.54, 1.807) is 0 Å². The van der Waals surface area contributed by atoms with E-state index in [9.17, 15) is 4.79 Å². The van der Waals surface area contributed by atoms with Gasteiger partial charge in [-0.05, 0) is 20.3 Å². The summed E-state index contributed by atoms with van der Waals surface area (Å²) in [6, 6.07) is 0. The van der Waals surface area contributed by atoms with Crippen LogP contribution in [-0.2, 0) is 11.3 Å². The van der Waals surface area contributed by atoms with Crippen LogP contribution >= 0.6 is 0 Å². The highest BCUT2D eigenvalue weighted by Gasteiger charge is 2.09. The summed E-state index contributed by atoms with van der Waals surface area (Å²) in [5.41, 5.74) is 2.42. The van der Waals surface area contributed by atoms with E-state index in [1.165, 1.54) is 0 Å². The molecule has 0 saturated heterocycles. The lowest BCUT2D eigenvalue weighted by molar-refractivity contribution is 0.112. The third-order valence-electron chi connectivity index (χ3n) is 2.64. The van der Waals surface area contributed by atoms with E-state index in [1.807, 2.05) is 18.5 Å². The first-order chi connectivity index (χ1) is 7.70. The van der Waals surface area contributed by atoms with Crippen LogP contribution in [0.25, 0.3) is 0 Å². The lowest BCUT2D eigenvalue weighted by Crippen LogP contribution is -2.09. The van der Waals surface area contributed by atoms with Crippen LogP contribution in [0, 0.1) is 13.8 Å². The molecule has 1 aromatic heterocycles. The van der Waals surface area contributed by atoms with Crippen LogP contribution < -0.4 is 0 Å². The van der Waals surface area contributed by atoms with Gasteiger partial charge in [0.1, 0.15) is 0 Å². The highest BCUT2D eigenvalue weighted by Crippen LogP contribution is 2.09. The molecule has 1 aromatic rings.